The molecule has 0 fully saturated rings. The Morgan fingerprint density at radius 3 is 2.50 bits per heavy atom. The molecule has 1 aromatic carbocycles. The lowest BCUT2D eigenvalue weighted by molar-refractivity contribution is 0.505. The summed E-state index contributed by atoms with van der Waals surface area (Å²) in [7, 11) is 0. The van der Waals surface area contributed by atoms with Crippen LogP contribution in [0.25, 0.3) is 5.76 Å². The molecule has 0 aliphatic heterocycles. The highest BCUT2D eigenvalue weighted by Crippen LogP contribution is 2.18. The normalized spacial score (nSPS) is 11.7. The van der Waals surface area contributed by atoms with Crippen LogP contribution < -0.4 is 0 Å². The maximum Gasteiger partial charge on any atom is 0.136 e. The van der Waals surface area contributed by atoms with Crippen molar-refractivity contribution in [1.82, 2.24) is 0 Å². The Hall–Kier alpha value is -1.75. The zero-order chi connectivity index (χ0) is 10.4. The first kappa shape index (κ1) is 10.3. The van der Waals surface area contributed by atoms with E-state index < -0.39 is 0 Å². The zero-order valence-corrected chi connectivity index (χ0v) is 8.20. The van der Waals surface area contributed by atoms with Gasteiger partial charge in [0.15, 0.2) is 0 Å². The summed E-state index contributed by atoms with van der Waals surface area (Å²) in [6.07, 6.45) is 1.48. The number of hydrogen-bond acceptors (Lipinski definition) is 2. The fourth-order valence-corrected chi connectivity index (χ4v) is 1.25. The highest BCUT2D eigenvalue weighted by molar-refractivity contribution is 5.64. The number of aliphatic hydroxyl groups is 1. The smallest absolute Gasteiger partial charge is 0.136 e. The number of nitriles is 1. The molecule has 2 heteroatoms. The van der Waals surface area contributed by atoms with Gasteiger partial charge in [-0.15, -0.1) is 0 Å². The standard InChI is InChI=1S/C12H13NO/c1-2-6-11(9-13)12(14)10-7-4-3-5-8-10/h3-5,7-8,14H,2,6H2,1H3/b12-11+. The minimum Gasteiger partial charge on any atom is -0.506 e. The minimum atomic E-state index is 0.106. The first-order valence-corrected chi connectivity index (χ1v) is 4.67. The summed E-state index contributed by atoms with van der Waals surface area (Å²) in [6, 6.07) is 11.2. The lowest BCUT2D eigenvalue weighted by Gasteiger charge is -2.02. The first-order chi connectivity index (χ1) is 6.79. The van der Waals surface area contributed by atoms with Crippen molar-refractivity contribution in [3.63, 3.8) is 0 Å². The summed E-state index contributed by atoms with van der Waals surface area (Å²) < 4.78 is 0. The van der Waals surface area contributed by atoms with E-state index in [1.807, 2.05) is 31.2 Å². The van der Waals surface area contributed by atoms with Crippen LogP contribution in [0.5, 0.6) is 0 Å². The molecule has 0 bridgehead atoms. The fourth-order valence-electron chi connectivity index (χ4n) is 1.25. The van der Waals surface area contributed by atoms with Gasteiger partial charge in [-0.3, -0.25) is 0 Å². The van der Waals surface area contributed by atoms with Gasteiger partial charge in [0.25, 0.3) is 0 Å². The Bertz CT molecular complexity index is 360. The largest absolute Gasteiger partial charge is 0.506 e. The molecule has 14 heavy (non-hydrogen) atoms. The summed E-state index contributed by atoms with van der Waals surface area (Å²) in [5.41, 5.74) is 1.16. The average Bonchev–Trinajstić information content (AvgIpc) is 2.26. The molecule has 1 N–H and O–H groups in total. The second-order valence-electron chi connectivity index (χ2n) is 3.05. The quantitative estimate of drug-likeness (QED) is 0.583. The Balaban J connectivity index is 3.03. The predicted octanol–water partition coefficient (Wildman–Crippen LogP) is 3.28. The SMILES string of the molecule is CCC/C(C#N)=C(\O)c1ccccc1. The van der Waals surface area contributed by atoms with Crippen molar-refractivity contribution in [2.45, 2.75) is 19.8 Å². The Morgan fingerprint density at radius 1 is 1.36 bits per heavy atom. The van der Waals surface area contributed by atoms with E-state index in [1.165, 1.54) is 0 Å². The lowest BCUT2D eigenvalue weighted by atomic mass is 10.1. The second kappa shape index (κ2) is 5.08. The first-order valence-electron chi connectivity index (χ1n) is 4.67. The summed E-state index contributed by atoms with van der Waals surface area (Å²) >= 11 is 0. The van der Waals surface area contributed by atoms with Crippen molar-refractivity contribution in [3.8, 4) is 6.07 Å². The van der Waals surface area contributed by atoms with Crippen LogP contribution in [0.1, 0.15) is 25.3 Å². The molecule has 1 aromatic rings. The van der Waals surface area contributed by atoms with Gasteiger partial charge in [0, 0.05) is 5.56 Å². The van der Waals surface area contributed by atoms with E-state index in [1.54, 1.807) is 12.1 Å². The van der Waals surface area contributed by atoms with Crippen molar-refractivity contribution in [3.05, 3.63) is 41.5 Å². The van der Waals surface area contributed by atoms with Crippen LogP contribution in [0.15, 0.2) is 35.9 Å². The van der Waals surface area contributed by atoms with E-state index in [4.69, 9.17) is 5.26 Å². The lowest BCUT2D eigenvalue weighted by Crippen LogP contribution is -1.89. The van der Waals surface area contributed by atoms with Crippen molar-refractivity contribution < 1.29 is 5.11 Å². The van der Waals surface area contributed by atoms with Crippen LogP contribution in [-0.4, -0.2) is 5.11 Å². The number of nitrogens with zero attached hydrogens (tertiary/aromatic N) is 1. The summed E-state index contributed by atoms with van der Waals surface area (Å²) in [5, 5.41) is 18.6. The molecule has 0 saturated carbocycles. The maximum atomic E-state index is 9.77. The monoisotopic (exact) mass is 187 g/mol. The van der Waals surface area contributed by atoms with Crippen LogP contribution >= 0.6 is 0 Å². The summed E-state index contributed by atoms with van der Waals surface area (Å²) in [5.74, 6) is 0.106. The van der Waals surface area contributed by atoms with E-state index in [0.717, 1.165) is 6.42 Å². The Morgan fingerprint density at radius 2 is 2.00 bits per heavy atom. The molecule has 0 unspecified atom stereocenters. The third-order valence-electron chi connectivity index (χ3n) is 1.97. The molecule has 0 aromatic heterocycles. The van der Waals surface area contributed by atoms with E-state index in [9.17, 15) is 5.11 Å². The van der Waals surface area contributed by atoms with Crippen LogP contribution in [0.4, 0.5) is 0 Å². The molecular weight excluding hydrogens is 174 g/mol. The Kier molecular flexibility index (Phi) is 3.75. The molecule has 2 nitrogen and oxygen atoms in total. The van der Waals surface area contributed by atoms with E-state index >= 15 is 0 Å². The topological polar surface area (TPSA) is 44.0 Å². The van der Waals surface area contributed by atoms with E-state index in [0.29, 0.717) is 17.6 Å². The van der Waals surface area contributed by atoms with Crippen molar-refractivity contribution in [2.24, 2.45) is 0 Å². The number of aliphatic hydroxyl groups excluding tert-OH is 1. The van der Waals surface area contributed by atoms with Crippen molar-refractivity contribution in [1.29, 1.82) is 5.26 Å². The van der Waals surface area contributed by atoms with Crippen LogP contribution in [0.2, 0.25) is 0 Å². The van der Waals surface area contributed by atoms with Gasteiger partial charge in [-0.2, -0.15) is 5.26 Å². The third kappa shape index (κ3) is 2.37. The molecule has 0 aliphatic rings. The van der Waals surface area contributed by atoms with E-state index in [2.05, 4.69) is 0 Å². The second-order valence-corrected chi connectivity index (χ2v) is 3.05. The Labute approximate surface area is 84.1 Å². The van der Waals surface area contributed by atoms with Gasteiger partial charge >= 0.3 is 0 Å². The molecule has 0 heterocycles. The minimum absolute atomic E-state index is 0.106. The molecule has 0 amide bonds. The van der Waals surface area contributed by atoms with Gasteiger partial charge in [0.05, 0.1) is 11.6 Å². The molecule has 0 saturated heterocycles. The number of hydrogen-bond donors (Lipinski definition) is 1. The van der Waals surface area contributed by atoms with Gasteiger partial charge in [-0.1, -0.05) is 43.7 Å². The van der Waals surface area contributed by atoms with Gasteiger partial charge in [0.2, 0.25) is 0 Å². The predicted molar refractivity (Wildman–Crippen MR) is 56.5 cm³/mol. The van der Waals surface area contributed by atoms with Crippen LogP contribution in [0, 0.1) is 11.3 Å². The molecule has 72 valence electrons. The average molecular weight is 187 g/mol. The van der Waals surface area contributed by atoms with Crippen molar-refractivity contribution >= 4 is 5.76 Å². The van der Waals surface area contributed by atoms with Crippen LogP contribution in [-0.2, 0) is 0 Å². The van der Waals surface area contributed by atoms with Gasteiger partial charge in [0.1, 0.15) is 5.76 Å². The number of benzene rings is 1. The highest BCUT2D eigenvalue weighted by atomic mass is 16.3. The molecule has 0 aliphatic carbocycles. The number of allylic oxidation sites excluding steroid dienone is 1. The molecule has 1 rings (SSSR count). The zero-order valence-electron chi connectivity index (χ0n) is 8.20. The van der Waals surface area contributed by atoms with Gasteiger partial charge < -0.3 is 5.11 Å². The molecular formula is C12H13NO. The summed E-state index contributed by atoms with van der Waals surface area (Å²) in [6.45, 7) is 1.98. The van der Waals surface area contributed by atoms with Crippen molar-refractivity contribution in [2.75, 3.05) is 0 Å². The van der Waals surface area contributed by atoms with Crippen LogP contribution in [0.3, 0.4) is 0 Å². The maximum absolute atomic E-state index is 9.77. The highest BCUT2D eigenvalue weighted by Gasteiger charge is 2.05. The number of rotatable bonds is 3. The fraction of sp³-hybridized carbons (Fsp3) is 0.250. The molecule has 0 spiro atoms. The van der Waals surface area contributed by atoms with E-state index in [-0.39, 0.29) is 5.76 Å². The summed E-state index contributed by atoms with van der Waals surface area (Å²) in [4.78, 5) is 0. The molecule has 0 atom stereocenters. The third-order valence-corrected chi connectivity index (χ3v) is 1.97. The molecule has 0 radical (unpaired) electrons. The van der Waals surface area contributed by atoms with Gasteiger partial charge in [-0.05, 0) is 6.42 Å². The van der Waals surface area contributed by atoms with Gasteiger partial charge in [-0.25, -0.2) is 0 Å².